The monoisotopic (exact) mass is 571 g/mol. The molecule has 0 bridgehead atoms. The molecule has 0 aliphatic rings. The van der Waals surface area contributed by atoms with Crippen LogP contribution < -0.4 is 14.2 Å². The van der Waals surface area contributed by atoms with Crippen molar-refractivity contribution in [3.63, 3.8) is 0 Å². The van der Waals surface area contributed by atoms with E-state index in [9.17, 15) is 14.9 Å². The molecule has 42 heavy (non-hydrogen) atoms. The fourth-order valence-corrected chi connectivity index (χ4v) is 4.43. The van der Waals surface area contributed by atoms with Crippen LogP contribution >= 0.6 is 0 Å². The first-order valence-electron chi connectivity index (χ1n) is 14.6. The van der Waals surface area contributed by atoms with Gasteiger partial charge < -0.3 is 14.2 Å². The molecule has 222 valence electrons. The van der Waals surface area contributed by atoms with Crippen molar-refractivity contribution in [2.75, 3.05) is 6.61 Å². The van der Waals surface area contributed by atoms with E-state index in [-0.39, 0.29) is 23.3 Å². The number of hydrogen-bond acceptors (Lipinski definition) is 6. The summed E-state index contributed by atoms with van der Waals surface area (Å²) in [7, 11) is 0. The Kier molecular flexibility index (Phi) is 13.3. The first-order valence-corrected chi connectivity index (χ1v) is 14.6. The zero-order chi connectivity index (χ0) is 30.2. The number of nitro benzene ring substituents is 1. The number of carbonyl (C=O) groups excluding carboxylic acids is 1. The average Bonchev–Trinajstić information content (AvgIpc) is 3.00. The second-order valence-corrected chi connectivity index (χ2v) is 10.2. The number of nitro groups is 1. The number of esters is 1. The Bertz CT molecular complexity index is 1300. The molecule has 0 N–H and O–H groups in total. The van der Waals surface area contributed by atoms with Crippen LogP contribution in [0.25, 0.3) is 11.1 Å². The van der Waals surface area contributed by atoms with Crippen LogP contribution in [0.2, 0.25) is 0 Å². The van der Waals surface area contributed by atoms with Crippen LogP contribution in [0.1, 0.15) is 75.1 Å². The molecule has 3 aromatic rings. The van der Waals surface area contributed by atoms with E-state index in [0.29, 0.717) is 18.6 Å². The van der Waals surface area contributed by atoms with Gasteiger partial charge in [0.15, 0.2) is 5.75 Å². The number of allylic oxidation sites excluding steroid dienone is 2. The SMILES string of the molecule is C=CCCCCCCCCOc1ccc(-c2ccc(C(=O)Oc3ccc(O[C@@H](C)CCC=C)c([N+](=O)[O-])c3)cc2)cc1. The molecule has 0 aliphatic heterocycles. The van der Waals surface area contributed by atoms with Gasteiger partial charge in [-0.05, 0) is 86.6 Å². The van der Waals surface area contributed by atoms with Crippen molar-refractivity contribution in [3.05, 3.63) is 108 Å². The molecule has 7 heteroatoms. The largest absolute Gasteiger partial charge is 0.494 e. The Labute approximate surface area is 249 Å². The minimum Gasteiger partial charge on any atom is -0.494 e. The molecule has 3 aromatic carbocycles. The normalized spacial score (nSPS) is 11.4. The summed E-state index contributed by atoms with van der Waals surface area (Å²) in [5, 5.41) is 11.6. The number of ether oxygens (including phenoxy) is 3. The van der Waals surface area contributed by atoms with Gasteiger partial charge in [-0.15, -0.1) is 13.2 Å². The van der Waals surface area contributed by atoms with E-state index in [1.54, 1.807) is 18.2 Å². The third-order valence-corrected chi connectivity index (χ3v) is 6.82. The first-order chi connectivity index (χ1) is 20.4. The molecule has 0 saturated heterocycles. The van der Waals surface area contributed by atoms with Crippen molar-refractivity contribution in [2.45, 2.75) is 70.8 Å². The van der Waals surface area contributed by atoms with Gasteiger partial charge >= 0.3 is 11.7 Å². The molecule has 3 rings (SSSR count). The Morgan fingerprint density at radius 1 is 0.833 bits per heavy atom. The number of hydrogen-bond donors (Lipinski definition) is 0. The molecule has 0 heterocycles. The Morgan fingerprint density at radius 3 is 2.07 bits per heavy atom. The lowest BCUT2D eigenvalue weighted by Crippen LogP contribution is -2.13. The van der Waals surface area contributed by atoms with Gasteiger partial charge in [-0.25, -0.2) is 4.79 Å². The minimum atomic E-state index is -0.607. The summed E-state index contributed by atoms with van der Waals surface area (Å²) in [5.74, 6) is 0.426. The molecule has 0 unspecified atom stereocenters. The van der Waals surface area contributed by atoms with Gasteiger partial charge in [0.1, 0.15) is 11.5 Å². The van der Waals surface area contributed by atoms with Gasteiger partial charge in [-0.3, -0.25) is 10.1 Å². The van der Waals surface area contributed by atoms with Crippen LogP contribution in [-0.4, -0.2) is 23.6 Å². The molecule has 0 fully saturated rings. The van der Waals surface area contributed by atoms with Crippen molar-refractivity contribution in [1.29, 1.82) is 0 Å². The van der Waals surface area contributed by atoms with Crippen LogP contribution in [0.5, 0.6) is 17.2 Å². The average molecular weight is 572 g/mol. The maximum atomic E-state index is 12.7. The first kappa shape index (κ1) is 32.1. The minimum absolute atomic E-state index is 0.0703. The van der Waals surface area contributed by atoms with Crippen LogP contribution in [0, 0.1) is 10.1 Å². The number of benzene rings is 3. The molecular formula is C35H41NO6. The summed E-state index contributed by atoms with van der Waals surface area (Å²) in [6.07, 6.45) is 13.3. The number of unbranched alkanes of at least 4 members (excludes halogenated alkanes) is 6. The second kappa shape index (κ2) is 17.4. The molecular weight excluding hydrogens is 530 g/mol. The molecule has 0 radical (unpaired) electrons. The molecule has 0 spiro atoms. The highest BCUT2D eigenvalue weighted by molar-refractivity contribution is 5.91. The zero-order valence-corrected chi connectivity index (χ0v) is 24.5. The van der Waals surface area contributed by atoms with Crippen LogP contribution in [-0.2, 0) is 0 Å². The van der Waals surface area contributed by atoms with Gasteiger partial charge in [0.25, 0.3) is 0 Å². The molecule has 1 atom stereocenters. The molecule has 7 nitrogen and oxygen atoms in total. The van der Waals surface area contributed by atoms with E-state index >= 15 is 0 Å². The lowest BCUT2D eigenvalue weighted by Gasteiger charge is -2.14. The summed E-state index contributed by atoms with van der Waals surface area (Å²) in [6, 6.07) is 19.1. The quantitative estimate of drug-likeness (QED) is 0.0355. The second-order valence-electron chi connectivity index (χ2n) is 10.2. The van der Waals surface area contributed by atoms with E-state index in [1.807, 2.05) is 49.4 Å². The maximum Gasteiger partial charge on any atom is 0.343 e. The summed E-state index contributed by atoms with van der Waals surface area (Å²) >= 11 is 0. The van der Waals surface area contributed by atoms with Gasteiger partial charge in [-0.2, -0.15) is 0 Å². The number of nitrogens with zero attached hydrogens (tertiary/aromatic N) is 1. The van der Waals surface area contributed by atoms with E-state index in [1.165, 1.54) is 50.3 Å². The van der Waals surface area contributed by atoms with Crippen LogP contribution in [0.3, 0.4) is 0 Å². The van der Waals surface area contributed by atoms with E-state index in [4.69, 9.17) is 14.2 Å². The fourth-order valence-electron chi connectivity index (χ4n) is 4.43. The van der Waals surface area contributed by atoms with Crippen molar-refractivity contribution in [2.24, 2.45) is 0 Å². The fraction of sp³-hybridized carbons (Fsp3) is 0.343. The zero-order valence-electron chi connectivity index (χ0n) is 24.5. The summed E-state index contributed by atoms with van der Waals surface area (Å²) in [4.78, 5) is 23.8. The summed E-state index contributed by atoms with van der Waals surface area (Å²) in [5.41, 5.74) is 2.01. The molecule has 0 aromatic heterocycles. The number of rotatable bonds is 19. The predicted molar refractivity (Wildman–Crippen MR) is 167 cm³/mol. The maximum absolute atomic E-state index is 12.7. The molecule has 0 amide bonds. The lowest BCUT2D eigenvalue weighted by atomic mass is 10.0. The molecule has 0 saturated carbocycles. The predicted octanol–water partition coefficient (Wildman–Crippen LogP) is 9.51. The van der Waals surface area contributed by atoms with Crippen molar-refractivity contribution in [1.82, 2.24) is 0 Å². The van der Waals surface area contributed by atoms with Gasteiger partial charge in [0.2, 0.25) is 0 Å². The highest BCUT2D eigenvalue weighted by Crippen LogP contribution is 2.33. The summed E-state index contributed by atoms with van der Waals surface area (Å²) in [6.45, 7) is 9.98. The third-order valence-electron chi connectivity index (χ3n) is 6.82. The van der Waals surface area contributed by atoms with Gasteiger partial charge in [0.05, 0.1) is 29.3 Å². The third kappa shape index (κ3) is 10.5. The van der Waals surface area contributed by atoms with E-state index < -0.39 is 10.9 Å². The van der Waals surface area contributed by atoms with Crippen molar-refractivity contribution in [3.8, 4) is 28.4 Å². The lowest BCUT2D eigenvalue weighted by molar-refractivity contribution is -0.386. The van der Waals surface area contributed by atoms with Gasteiger partial charge in [-0.1, -0.05) is 62.1 Å². The van der Waals surface area contributed by atoms with Gasteiger partial charge in [0, 0.05) is 0 Å². The van der Waals surface area contributed by atoms with Crippen molar-refractivity contribution >= 4 is 11.7 Å². The smallest absolute Gasteiger partial charge is 0.343 e. The standard InChI is InChI=1S/C35H41NO6/c1-4-6-8-9-10-11-12-13-25-40-31-21-19-29(20-22-31)28-15-17-30(18-16-28)35(37)42-32-23-24-34(33(26-32)36(38)39)41-27(3)14-7-5-2/h4-5,15-24,26-27H,1-2,6-14,25H2,3H3/t27-/m0/s1. The Morgan fingerprint density at radius 2 is 1.43 bits per heavy atom. The highest BCUT2D eigenvalue weighted by Gasteiger charge is 2.20. The Hall–Kier alpha value is -4.39. The Balaban J connectivity index is 1.50. The van der Waals surface area contributed by atoms with Crippen LogP contribution in [0.4, 0.5) is 5.69 Å². The highest BCUT2D eigenvalue weighted by atomic mass is 16.6. The van der Waals surface area contributed by atoms with Crippen molar-refractivity contribution < 1.29 is 23.9 Å². The summed E-state index contributed by atoms with van der Waals surface area (Å²) < 4.78 is 17.0. The number of carbonyl (C=O) groups is 1. The van der Waals surface area contributed by atoms with Crippen LogP contribution in [0.15, 0.2) is 92.0 Å². The van der Waals surface area contributed by atoms with E-state index in [0.717, 1.165) is 36.1 Å². The van der Waals surface area contributed by atoms with E-state index in [2.05, 4.69) is 13.2 Å². The molecule has 0 aliphatic carbocycles. The topological polar surface area (TPSA) is 87.9 Å².